The molecule has 1 aliphatic heterocycles. The Morgan fingerprint density at radius 3 is 2.00 bits per heavy atom. The average molecular weight is 537 g/mol. The number of allylic oxidation sites excluding steroid dienone is 1. The van der Waals surface area contributed by atoms with Gasteiger partial charge in [-0.15, -0.1) is 0 Å². The predicted octanol–water partition coefficient (Wildman–Crippen LogP) is 3.98. The molecular formula is C30H24N4O6. The summed E-state index contributed by atoms with van der Waals surface area (Å²) in [5, 5.41) is 2.50. The number of nitrogens with one attached hydrogen (secondary N) is 1. The summed E-state index contributed by atoms with van der Waals surface area (Å²) < 4.78 is 18.4. The molecule has 1 aromatic heterocycles. The zero-order valence-electron chi connectivity index (χ0n) is 21.2. The maximum Gasteiger partial charge on any atom is 0.383 e. The van der Waals surface area contributed by atoms with Crippen molar-refractivity contribution in [2.24, 2.45) is 0 Å². The van der Waals surface area contributed by atoms with Gasteiger partial charge in [-0.05, 0) is 29.3 Å². The lowest BCUT2D eigenvalue weighted by molar-refractivity contribution is -0.136. The Morgan fingerprint density at radius 1 is 0.825 bits per heavy atom. The fourth-order valence-corrected chi connectivity index (χ4v) is 3.74. The summed E-state index contributed by atoms with van der Waals surface area (Å²) in [6, 6.07) is 27.3. The molecule has 0 aliphatic carbocycles. The van der Waals surface area contributed by atoms with E-state index in [1.165, 1.54) is 17.0 Å². The molecule has 3 aromatic carbocycles. The quantitative estimate of drug-likeness (QED) is 0.302. The third kappa shape index (κ3) is 6.48. The Labute approximate surface area is 229 Å². The summed E-state index contributed by atoms with van der Waals surface area (Å²) in [7, 11) is 0. The van der Waals surface area contributed by atoms with Crippen LogP contribution >= 0.6 is 0 Å². The number of cyclic esters (lactones) is 1. The highest BCUT2D eigenvalue weighted by Gasteiger charge is 2.34. The maximum absolute atomic E-state index is 12.7. The standard InChI is InChI=1S/C30H24N4O6/c35-27(23-14-8-3-9-15-23)32-29-31-20-34(30(37)33-29)17-16-24-25(38-18-21-10-4-1-5-11-21)26(28(36)40-24)39-19-22-12-6-2-7-13-22/h1-16,20H,17-19H2,(H,32,33,35,37)/b24-16-. The molecule has 1 aliphatic rings. The Balaban J connectivity index is 1.33. The van der Waals surface area contributed by atoms with Crippen LogP contribution in [-0.4, -0.2) is 26.4 Å². The summed E-state index contributed by atoms with van der Waals surface area (Å²) in [4.78, 5) is 45.5. The molecule has 10 heteroatoms. The molecular weight excluding hydrogens is 512 g/mol. The van der Waals surface area contributed by atoms with Crippen molar-refractivity contribution in [2.45, 2.75) is 19.8 Å². The number of nitrogens with zero attached hydrogens (tertiary/aromatic N) is 3. The molecule has 0 radical (unpaired) electrons. The van der Waals surface area contributed by atoms with Crippen molar-refractivity contribution in [1.82, 2.24) is 14.5 Å². The molecule has 1 amide bonds. The smallest absolute Gasteiger partial charge is 0.383 e. The second-order valence-electron chi connectivity index (χ2n) is 8.60. The van der Waals surface area contributed by atoms with Gasteiger partial charge in [-0.1, -0.05) is 78.9 Å². The first-order chi connectivity index (χ1) is 19.6. The third-order valence-corrected chi connectivity index (χ3v) is 5.77. The van der Waals surface area contributed by atoms with Crippen LogP contribution in [0.25, 0.3) is 0 Å². The Morgan fingerprint density at radius 2 is 1.40 bits per heavy atom. The molecule has 0 saturated carbocycles. The van der Waals surface area contributed by atoms with Crippen molar-refractivity contribution in [3.63, 3.8) is 0 Å². The van der Waals surface area contributed by atoms with E-state index in [-0.39, 0.29) is 43.0 Å². The predicted molar refractivity (Wildman–Crippen MR) is 144 cm³/mol. The van der Waals surface area contributed by atoms with Gasteiger partial charge in [-0.25, -0.2) is 14.6 Å². The number of carbonyl (C=O) groups excluding carboxylic acids is 2. The third-order valence-electron chi connectivity index (χ3n) is 5.77. The molecule has 1 N–H and O–H groups in total. The number of rotatable bonds is 10. The summed E-state index contributed by atoms with van der Waals surface area (Å²) in [5.74, 6) is -1.09. The van der Waals surface area contributed by atoms with Gasteiger partial charge in [0.2, 0.25) is 11.7 Å². The molecule has 0 saturated heterocycles. The van der Waals surface area contributed by atoms with Crippen molar-refractivity contribution >= 4 is 17.8 Å². The van der Waals surface area contributed by atoms with Crippen LogP contribution in [0.1, 0.15) is 21.5 Å². The normalized spacial score (nSPS) is 13.7. The number of anilines is 1. The van der Waals surface area contributed by atoms with Crippen molar-refractivity contribution in [3.05, 3.63) is 148 Å². The van der Waals surface area contributed by atoms with Crippen molar-refractivity contribution in [1.29, 1.82) is 0 Å². The zero-order chi connectivity index (χ0) is 27.7. The highest BCUT2D eigenvalue weighted by atomic mass is 16.6. The van der Waals surface area contributed by atoms with Crippen molar-refractivity contribution in [3.8, 4) is 0 Å². The summed E-state index contributed by atoms with van der Waals surface area (Å²) in [6.45, 7) is 0.278. The number of aromatic nitrogens is 3. The number of amides is 1. The molecule has 200 valence electrons. The minimum atomic E-state index is -0.701. The van der Waals surface area contributed by atoms with Crippen LogP contribution in [0.3, 0.4) is 0 Å². The fraction of sp³-hybridized carbons (Fsp3) is 0.100. The average Bonchev–Trinajstić information content (AvgIpc) is 3.29. The number of hydrogen-bond acceptors (Lipinski definition) is 8. The fourth-order valence-electron chi connectivity index (χ4n) is 3.74. The van der Waals surface area contributed by atoms with Gasteiger partial charge in [0, 0.05) is 5.56 Å². The second-order valence-corrected chi connectivity index (χ2v) is 8.60. The lowest BCUT2D eigenvalue weighted by Crippen LogP contribution is -2.26. The Kier molecular flexibility index (Phi) is 8.07. The van der Waals surface area contributed by atoms with Gasteiger partial charge in [0.25, 0.3) is 11.7 Å². The van der Waals surface area contributed by atoms with Crippen LogP contribution in [0.2, 0.25) is 0 Å². The van der Waals surface area contributed by atoms with E-state index in [9.17, 15) is 14.4 Å². The van der Waals surface area contributed by atoms with E-state index < -0.39 is 17.6 Å². The van der Waals surface area contributed by atoms with Crippen LogP contribution in [0.5, 0.6) is 0 Å². The molecule has 0 unspecified atom stereocenters. The highest BCUT2D eigenvalue weighted by Crippen LogP contribution is 2.30. The van der Waals surface area contributed by atoms with Gasteiger partial charge < -0.3 is 14.2 Å². The Bertz CT molecular complexity index is 1620. The summed E-state index contributed by atoms with van der Waals surface area (Å²) in [6.07, 6.45) is 2.74. The molecule has 2 heterocycles. The van der Waals surface area contributed by atoms with Crippen molar-refractivity contribution in [2.75, 3.05) is 5.32 Å². The van der Waals surface area contributed by atoms with Gasteiger partial charge >= 0.3 is 11.7 Å². The van der Waals surface area contributed by atoms with Gasteiger partial charge in [0.05, 0.1) is 6.54 Å². The number of esters is 1. The number of hydrogen-bond donors (Lipinski definition) is 1. The lowest BCUT2D eigenvalue weighted by Gasteiger charge is -2.10. The van der Waals surface area contributed by atoms with Crippen LogP contribution in [0, 0.1) is 0 Å². The maximum atomic E-state index is 12.7. The molecule has 0 atom stereocenters. The van der Waals surface area contributed by atoms with Crippen LogP contribution < -0.4 is 11.0 Å². The van der Waals surface area contributed by atoms with E-state index in [0.29, 0.717) is 5.56 Å². The van der Waals surface area contributed by atoms with Gasteiger partial charge in [-0.3, -0.25) is 14.7 Å². The molecule has 10 nitrogen and oxygen atoms in total. The van der Waals surface area contributed by atoms with E-state index in [1.54, 1.807) is 30.3 Å². The topological polar surface area (TPSA) is 122 Å². The lowest BCUT2D eigenvalue weighted by atomic mass is 10.2. The van der Waals surface area contributed by atoms with E-state index in [0.717, 1.165) is 11.1 Å². The molecule has 40 heavy (non-hydrogen) atoms. The first-order valence-electron chi connectivity index (χ1n) is 12.4. The second kappa shape index (κ2) is 12.4. The molecule has 0 spiro atoms. The van der Waals surface area contributed by atoms with E-state index >= 15 is 0 Å². The summed E-state index contributed by atoms with van der Waals surface area (Å²) >= 11 is 0. The van der Waals surface area contributed by atoms with E-state index in [1.807, 2.05) is 60.7 Å². The minimum absolute atomic E-state index is 0.0292. The van der Waals surface area contributed by atoms with E-state index in [4.69, 9.17) is 14.2 Å². The van der Waals surface area contributed by atoms with Crippen molar-refractivity contribution < 1.29 is 23.8 Å². The van der Waals surface area contributed by atoms with Gasteiger partial charge in [-0.2, -0.15) is 4.98 Å². The number of ether oxygens (including phenoxy) is 3. The van der Waals surface area contributed by atoms with Crippen LogP contribution in [0.15, 0.2) is 125 Å². The minimum Gasteiger partial charge on any atom is -0.481 e. The molecule has 0 bridgehead atoms. The number of carbonyl (C=O) groups is 2. The highest BCUT2D eigenvalue weighted by molar-refractivity contribution is 6.03. The van der Waals surface area contributed by atoms with Gasteiger partial charge in [0.1, 0.15) is 19.5 Å². The first kappa shape index (κ1) is 26.1. The molecule has 4 aromatic rings. The largest absolute Gasteiger partial charge is 0.481 e. The number of benzene rings is 3. The molecule has 0 fully saturated rings. The van der Waals surface area contributed by atoms with Gasteiger partial charge in [0.15, 0.2) is 5.76 Å². The first-order valence-corrected chi connectivity index (χ1v) is 12.4. The monoisotopic (exact) mass is 536 g/mol. The molecule has 5 rings (SSSR count). The SMILES string of the molecule is O=C1O/C(=C\Cn2cnc(NC(=O)c3ccccc3)nc2=O)C(OCc2ccccc2)=C1OCc1ccccc1. The summed E-state index contributed by atoms with van der Waals surface area (Å²) in [5.41, 5.74) is 1.50. The van der Waals surface area contributed by atoms with E-state index in [2.05, 4.69) is 15.3 Å². The Hall–Kier alpha value is -5.51. The van der Waals surface area contributed by atoms with Crippen LogP contribution in [0.4, 0.5) is 5.95 Å². The zero-order valence-corrected chi connectivity index (χ0v) is 21.2. The van der Waals surface area contributed by atoms with Crippen LogP contribution in [-0.2, 0) is 38.8 Å².